The van der Waals surface area contributed by atoms with Crippen LogP contribution in [0.2, 0.25) is 0 Å². The van der Waals surface area contributed by atoms with Crippen LogP contribution in [0.1, 0.15) is 11.5 Å². The van der Waals surface area contributed by atoms with Crippen molar-refractivity contribution < 1.29 is 9.26 Å². The van der Waals surface area contributed by atoms with Gasteiger partial charge in [0.2, 0.25) is 0 Å². The molecule has 2 aromatic heterocycles. The molecule has 0 N–H and O–H groups in total. The number of rotatable bonds is 5. The summed E-state index contributed by atoms with van der Waals surface area (Å²) in [5, 5.41) is 3.96. The molecule has 0 aromatic carbocycles. The summed E-state index contributed by atoms with van der Waals surface area (Å²) in [7, 11) is 5.68. The van der Waals surface area contributed by atoms with E-state index in [2.05, 4.69) is 20.0 Å². The number of aryl methyl sites for hydroxylation is 1. The highest BCUT2D eigenvalue weighted by Gasteiger charge is 2.34. The van der Waals surface area contributed by atoms with Gasteiger partial charge >= 0.3 is 0 Å². The van der Waals surface area contributed by atoms with Crippen molar-refractivity contribution in [2.45, 2.75) is 19.4 Å². The largest absolute Gasteiger partial charge is 0.379 e. The zero-order valence-corrected chi connectivity index (χ0v) is 14.1. The quantitative estimate of drug-likeness (QED) is 0.828. The Morgan fingerprint density at radius 2 is 2.17 bits per heavy atom. The molecule has 0 radical (unpaired) electrons. The number of ether oxygens (including phenoxy) is 1. The molecule has 0 unspecified atom stereocenters. The first-order valence-electron chi connectivity index (χ1n) is 7.76. The number of hydrogen-bond acceptors (Lipinski definition) is 7. The van der Waals surface area contributed by atoms with E-state index in [4.69, 9.17) is 9.26 Å². The third kappa shape index (κ3) is 3.44. The maximum Gasteiger partial charge on any atom is 0.149 e. The van der Waals surface area contributed by atoms with E-state index in [1.165, 1.54) is 0 Å². The van der Waals surface area contributed by atoms with Crippen LogP contribution >= 0.6 is 0 Å². The summed E-state index contributed by atoms with van der Waals surface area (Å²) in [6.45, 7) is 3.60. The third-order valence-corrected chi connectivity index (χ3v) is 4.22. The molecule has 1 aliphatic heterocycles. The average molecular weight is 317 g/mol. The van der Waals surface area contributed by atoms with Crippen LogP contribution in [-0.4, -0.2) is 55.5 Å². The summed E-state index contributed by atoms with van der Waals surface area (Å²) in [5.41, 5.74) is 0.911. The molecule has 0 bridgehead atoms. The molecule has 23 heavy (non-hydrogen) atoms. The molecule has 7 heteroatoms. The zero-order chi connectivity index (χ0) is 16.4. The maximum absolute atomic E-state index is 5.67. The molecule has 1 fully saturated rings. The Balaban J connectivity index is 1.74. The Labute approximate surface area is 136 Å². The van der Waals surface area contributed by atoms with Gasteiger partial charge in [-0.2, -0.15) is 0 Å². The van der Waals surface area contributed by atoms with Gasteiger partial charge in [0.05, 0.1) is 24.2 Å². The van der Waals surface area contributed by atoms with Gasteiger partial charge in [-0.1, -0.05) is 5.16 Å². The van der Waals surface area contributed by atoms with Crippen molar-refractivity contribution in [2.75, 3.05) is 44.1 Å². The van der Waals surface area contributed by atoms with E-state index in [1.54, 1.807) is 19.5 Å². The standard InChI is InChI=1S/C16H23N5O2/c1-11-5-13(23-19-11)6-12-9-21(10-14(12)22-4)16-8-17-7-15(18-16)20(2)3/h5,7-8,12,14H,6,9-10H2,1-4H3/t12-,14+/m1/s1. The lowest BCUT2D eigenvalue weighted by molar-refractivity contribution is 0.0812. The van der Waals surface area contributed by atoms with Gasteiger partial charge in [0.15, 0.2) is 0 Å². The summed E-state index contributed by atoms with van der Waals surface area (Å²) >= 11 is 0. The molecule has 0 amide bonds. The summed E-state index contributed by atoms with van der Waals surface area (Å²) in [6, 6.07) is 1.99. The number of nitrogens with zero attached hydrogens (tertiary/aromatic N) is 5. The van der Waals surface area contributed by atoms with E-state index in [9.17, 15) is 0 Å². The van der Waals surface area contributed by atoms with Gasteiger partial charge in [-0.3, -0.25) is 4.98 Å². The predicted octanol–water partition coefficient (Wildman–Crippen LogP) is 1.53. The van der Waals surface area contributed by atoms with Crippen LogP contribution < -0.4 is 9.80 Å². The fraction of sp³-hybridized carbons (Fsp3) is 0.562. The first kappa shape index (κ1) is 15.7. The Kier molecular flexibility index (Phi) is 4.47. The molecule has 3 rings (SSSR count). The molecule has 0 aliphatic carbocycles. The van der Waals surface area contributed by atoms with E-state index in [0.717, 1.165) is 42.6 Å². The van der Waals surface area contributed by atoms with E-state index in [-0.39, 0.29) is 6.10 Å². The molecule has 1 aliphatic rings. The van der Waals surface area contributed by atoms with Gasteiger partial charge in [-0.15, -0.1) is 0 Å². The van der Waals surface area contributed by atoms with E-state index in [1.807, 2.05) is 32.0 Å². The van der Waals surface area contributed by atoms with Crippen molar-refractivity contribution in [3.05, 3.63) is 29.9 Å². The Morgan fingerprint density at radius 1 is 1.35 bits per heavy atom. The van der Waals surface area contributed by atoms with Gasteiger partial charge in [0.1, 0.15) is 17.4 Å². The number of aromatic nitrogens is 3. The van der Waals surface area contributed by atoms with Crippen LogP contribution in [0.15, 0.2) is 23.0 Å². The van der Waals surface area contributed by atoms with Crippen molar-refractivity contribution in [1.29, 1.82) is 0 Å². The Hall–Kier alpha value is -2.15. The van der Waals surface area contributed by atoms with Gasteiger partial charge in [-0.25, -0.2) is 4.98 Å². The first-order chi connectivity index (χ1) is 11.1. The zero-order valence-electron chi connectivity index (χ0n) is 14.1. The SMILES string of the molecule is CO[C@H]1CN(c2cncc(N(C)C)n2)C[C@H]1Cc1cc(C)no1. The van der Waals surface area contributed by atoms with Gasteiger partial charge in [0.25, 0.3) is 0 Å². The number of hydrogen-bond donors (Lipinski definition) is 0. The second kappa shape index (κ2) is 6.54. The van der Waals surface area contributed by atoms with Crippen molar-refractivity contribution in [2.24, 2.45) is 5.92 Å². The van der Waals surface area contributed by atoms with Crippen LogP contribution in [0.5, 0.6) is 0 Å². The van der Waals surface area contributed by atoms with Crippen molar-refractivity contribution in [1.82, 2.24) is 15.1 Å². The molecule has 3 heterocycles. The highest BCUT2D eigenvalue weighted by molar-refractivity contribution is 5.45. The highest BCUT2D eigenvalue weighted by atomic mass is 16.5. The van der Waals surface area contributed by atoms with Crippen LogP contribution in [0.25, 0.3) is 0 Å². The van der Waals surface area contributed by atoms with E-state index < -0.39 is 0 Å². The highest BCUT2D eigenvalue weighted by Crippen LogP contribution is 2.27. The minimum Gasteiger partial charge on any atom is -0.379 e. The molecule has 1 saturated heterocycles. The van der Waals surface area contributed by atoms with E-state index in [0.29, 0.717) is 5.92 Å². The molecular weight excluding hydrogens is 294 g/mol. The number of methoxy groups -OCH3 is 1. The summed E-state index contributed by atoms with van der Waals surface area (Å²) in [5.74, 6) is 2.99. The maximum atomic E-state index is 5.67. The lowest BCUT2D eigenvalue weighted by Gasteiger charge is -2.19. The lowest BCUT2D eigenvalue weighted by Crippen LogP contribution is -2.24. The van der Waals surface area contributed by atoms with Crippen LogP contribution in [0.3, 0.4) is 0 Å². The van der Waals surface area contributed by atoms with Gasteiger partial charge in [-0.05, 0) is 6.92 Å². The molecule has 0 spiro atoms. The molecule has 2 atom stereocenters. The molecular formula is C16H23N5O2. The molecule has 7 nitrogen and oxygen atoms in total. The second-order valence-electron chi connectivity index (χ2n) is 6.21. The molecule has 124 valence electrons. The number of anilines is 2. The van der Waals surface area contributed by atoms with E-state index >= 15 is 0 Å². The molecule has 0 saturated carbocycles. The van der Waals surface area contributed by atoms with Crippen LogP contribution in [0, 0.1) is 12.8 Å². The second-order valence-corrected chi connectivity index (χ2v) is 6.21. The van der Waals surface area contributed by atoms with Crippen molar-refractivity contribution in [3.63, 3.8) is 0 Å². The summed E-state index contributed by atoms with van der Waals surface area (Å²) in [4.78, 5) is 13.1. The monoisotopic (exact) mass is 317 g/mol. The predicted molar refractivity (Wildman–Crippen MR) is 87.8 cm³/mol. The van der Waals surface area contributed by atoms with Crippen LogP contribution in [0.4, 0.5) is 11.6 Å². The fourth-order valence-electron chi connectivity index (χ4n) is 2.98. The average Bonchev–Trinajstić information content (AvgIpc) is 3.14. The summed E-state index contributed by atoms with van der Waals surface area (Å²) in [6.07, 6.45) is 4.53. The fourth-order valence-corrected chi connectivity index (χ4v) is 2.98. The minimum atomic E-state index is 0.144. The summed E-state index contributed by atoms with van der Waals surface area (Å²) < 4.78 is 11.0. The Morgan fingerprint density at radius 3 is 2.83 bits per heavy atom. The van der Waals surface area contributed by atoms with Gasteiger partial charge in [0, 0.05) is 52.7 Å². The van der Waals surface area contributed by atoms with Gasteiger partial charge < -0.3 is 19.1 Å². The van der Waals surface area contributed by atoms with Crippen LogP contribution in [-0.2, 0) is 11.2 Å². The Bertz CT molecular complexity index is 657. The first-order valence-corrected chi connectivity index (χ1v) is 7.76. The third-order valence-electron chi connectivity index (χ3n) is 4.22. The normalized spacial score (nSPS) is 21.0. The smallest absolute Gasteiger partial charge is 0.149 e. The van der Waals surface area contributed by atoms with Crippen molar-refractivity contribution in [3.8, 4) is 0 Å². The minimum absolute atomic E-state index is 0.144. The molecule has 2 aromatic rings. The lowest BCUT2D eigenvalue weighted by atomic mass is 10.0. The van der Waals surface area contributed by atoms with Crippen molar-refractivity contribution >= 4 is 11.6 Å². The topological polar surface area (TPSA) is 67.5 Å².